The number of nitrogens with two attached hydrogens (primary N) is 1. The van der Waals surface area contributed by atoms with Crippen LogP contribution in [0.25, 0.3) is 0 Å². The molecule has 5 nitrogen and oxygen atoms in total. The third kappa shape index (κ3) is 3.04. The van der Waals surface area contributed by atoms with Crippen LogP contribution in [0.15, 0.2) is 0 Å². The van der Waals surface area contributed by atoms with Gasteiger partial charge in [0.05, 0.1) is 5.69 Å². The quantitative estimate of drug-likeness (QED) is 0.913. The molecule has 0 bridgehead atoms. The Bertz CT molecular complexity index is 498. The minimum Gasteiger partial charge on any atom is -0.352 e. The highest BCUT2D eigenvalue weighted by molar-refractivity contribution is 5.52. The van der Waals surface area contributed by atoms with E-state index in [9.17, 15) is 0 Å². The molecule has 0 aliphatic carbocycles. The molecule has 0 spiro atoms. The topological polar surface area (TPSA) is 58.3 Å². The summed E-state index contributed by atoms with van der Waals surface area (Å²) in [5.41, 5.74) is 9.76. The maximum Gasteiger partial charge on any atom is 0.156 e. The van der Waals surface area contributed by atoms with Gasteiger partial charge in [0.25, 0.3) is 0 Å². The van der Waals surface area contributed by atoms with Gasteiger partial charge in [-0.25, -0.2) is 0 Å². The summed E-state index contributed by atoms with van der Waals surface area (Å²) in [7, 11) is 2.19. The van der Waals surface area contributed by atoms with Gasteiger partial charge in [0.2, 0.25) is 0 Å². The second-order valence-electron chi connectivity index (χ2n) is 6.49. The average Bonchev–Trinajstić information content (AvgIpc) is 2.48. The van der Waals surface area contributed by atoms with Crippen LogP contribution in [0.3, 0.4) is 0 Å². The fourth-order valence-electron chi connectivity index (χ4n) is 3.13. The molecular formula is C16H29N5. The summed E-state index contributed by atoms with van der Waals surface area (Å²) in [4.78, 5) is 4.76. The summed E-state index contributed by atoms with van der Waals surface area (Å²) in [5.74, 6) is 0.993. The molecule has 5 heteroatoms. The van der Waals surface area contributed by atoms with Crippen molar-refractivity contribution in [2.24, 2.45) is 5.73 Å². The van der Waals surface area contributed by atoms with E-state index in [0.717, 1.165) is 44.0 Å². The van der Waals surface area contributed by atoms with Crippen molar-refractivity contribution in [1.29, 1.82) is 0 Å². The van der Waals surface area contributed by atoms with E-state index in [1.54, 1.807) is 0 Å². The second-order valence-corrected chi connectivity index (χ2v) is 6.49. The van der Waals surface area contributed by atoms with E-state index in [2.05, 4.69) is 54.7 Å². The number of piperazine rings is 1. The molecule has 0 unspecified atom stereocenters. The molecule has 1 saturated heterocycles. The lowest BCUT2D eigenvalue weighted by atomic mass is 9.98. The molecule has 0 radical (unpaired) electrons. The fraction of sp³-hybridized carbons (Fsp3) is 0.750. The SMILES string of the molecule is CCc1nnc(N2CCN(C)C(C)(C)C2)c(CN)c1CC. The van der Waals surface area contributed by atoms with Crippen LogP contribution in [0, 0.1) is 0 Å². The first-order valence-electron chi connectivity index (χ1n) is 7.98. The highest BCUT2D eigenvalue weighted by Gasteiger charge is 2.33. The molecule has 118 valence electrons. The van der Waals surface area contributed by atoms with Crippen molar-refractivity contribution in [3.8, 4) is 0 Å². The number of aromatic nitrogens is 2. The smallest absolute Gasteiger partial charge is 0.156 e. The summed E-state index contributed by atoms with van der Waals surface area (Å²) in [6, 6.07) is 0. The first-order valence-corrected chi connectivity index (χ1v) is 7.98. The lowest BCUT2D eigenvalue weighted by molar-refractivity contribution is 0.138. The molecule has 0 atom stereocenters. The molecule has 1 aromatic rings. The van der Waals surface area contributed by atoms with Crippen molar-refractivity contribution in [3.63, 3.8) is 0 Å². The van der Waals surface area contributed by atoms with Gasteiger partial charge in [0, 0.05) is 37.3 Å². The number of nitrogens with zero attached hydrogens (tertiary/aromatic N) is 4. The lowest BCUT2D eigenvalue weighted by Crippen LogP contribution is -2.58. The number of aryl methyl sites for hydroxylation is 1. The van der Waals surface area contributed by atoms with Gasteiger partial charge in [-0.05, 0) is 39.3 Å². The third-order valence-corrected chi connectivity index (χ3v) is 4.76. The zero-order valence-electron chi connectivity index (χ0n) is 14.1. The van der Waals surface area contributed by atoms with Crippen LogP contribution in [0.2, 0.25) is 0 Å². The number of hydrogen-bond acceptors (Lipinski definition) is 5. The Kier molecular flexibility index (Phi) is 4.84. The predicted molar refractivity (Wildman–Crippen MR) is 87.6 cm³/mol. The van der Waals surface area contributed by atoms with E-state index in [-0.39, 0.29) is 5.54 Å². The molecule has 2 rings (SSSR count). The van der Waals surface area contributed by atoms with Crippen LogP contribution in [-0.2, 0) is 19.4 Å². The molecule has 0 amide bonds. The van der Waals surface area contributed by atoms with Gasteiger partial charge in [-0.2, -0.15) is 5.10 Å². The van der Waals surface area contributed by atoms with Crippen LogP contribution >= 0.6 is 0 Å². The number of likely N-dealkylation sites (N-methyl/N-ethyl adjacent to an activating group) is 1. The van der Waals surface area contributed by atoms with Crippen molar-refractivity contribution in [1.82, 2.24) is 15.1 Å². The molecular weight excluding hydrogens is 262 g/mol. The molecule has 1 fully saturated rings. The normalized spacial score (nSPS) is 19.0. The van der Waals surface area contributed by atoms with E-state index >= 15 is 0 Å². The van der Waals surface area contributed by atoms with E-state index in [4.69, 9.17) is 5.73 Å². The van der Waals surface area contributed by atoms with Gasteiger partial charge >= 0.3 is 0 Å². The zero-order valence-corrected chi connectivity index (χ0v) is 14.1. The first-order chi connectivity index (χ1) is 9.94. The standard InChI is InChI=1S/C16H29N5/c1-6-12-13(10-17)15(19-18-14(12)7-2)21-9-8-20(5)16(3,4)11-21/h6-11,17H2,1-5H3. The summed E-state index contributed by atoms with van der Waals surface area (Å²) in [6.45, 7) is 12.4. The Balaban J connectivity index is 2.40. The maximum absolute atomic E-state index is 6.05. The summed E-state index contributed by atoms with van der Waals surface area (Å²) in [6.07, 6.45) is 1.88. The van der Waals surface area contributed by atoms with Gasteiger partial charge in [0.1, 0.15) is 0 Å². The fourth-order valence-corrected chi connectivity index (χ4v) is 3.13. The first kappa shape index (κ1) is 16.2. The molecule has 1 aromatic heterocycles. The van der Waals surface area contributed by atoms with Crippen molar-refractivity contribution in [2.45, 2.75) is 52.6 Å². The van der Waals surface area contributed by atoms with Crippen LogP contribution in [0.4, 0.5) is 5.82 Å². The second kappa shape index (κ2) is 6.28. The Morgan fingerprint density at radius 2 is 1.81 bits per heavy atom. The number of rotatable bonds is 4. The van der Waals surface area contributed by atoms with Crippen molar-refractivity contribution >= 4 is 5.82 Å². The van der Waals surface area contributed by atoms with Gasteiger partial charge in [-0.15, -0.1) is 5.10 Å². The highest BCUT2D eigenvalue weighted by Crippen LogP contribution is 2.28. The van der Waals surface area contributed by atoms with Crippen LogP contribution in [-0.4, -0.2) is 47.3 Å². The van der Waals surface area contributed by atoms with Gasteiger partial charge in [-0.3, -0.25) is 4.90 Å². The number of anilines is 1. The molecule has 0 aromatic carbocycles. The minimum absolute atomic E-state index is 0.140. The summed E-state index contributed by atoms with van der Waals surface area (Å²) >= 11 is 0. The third-order valence-electron chi connectivity index (χ3n) is 4.76. The van der Waals surface area contributed by atoms with Crippen LogP contribution < -0.4 is 10.6 Å². The van der Waals surface area contributed by atoms with E-state index in [0.29, 0.717) is 6.54 Å². The lowest BCUT2D eigenvalue weighted by Gasteiger charge is -2.46. The highest BCUT2D eigenvalue weighted by atomic mass is 15.3. The largest absolute Gasteiger partial charge is 0.352 e. The van der Waals surface area contributed by atoms with Gasteiger partial charge in [0.15, 0.2) is 5.82 Å². The predicted octanol–water partition coefficient (Wildman–Crippen LogP) is 1.59. The van der Waals surface area contributed by atoms with Gasteiger partial charge < -0.3 is 10.6 Å². The molecule has 21 heavy (non-hydrogen) atoms. The Labute approximate surface area is 128 Å². The van der Waals surface area contributed by atoms with Crippen molar-refractivity contribution < 1.29 is 0 Å². The minimum atomic E-state index is 0.140. The average molecular weight is 291 g/mol. The summed E-state index contributed by atoms with van der Waals surface area (Å²) in [5, 5.41) is 8.98. The molecule has 0 saturated carbocycles. The van der Waals surface area contributed by atoms with E-state index in [1.807, 2.05) is 0 Å². The van der Waals surface area contributed by atoms with Crippen LogP contribution in [0.5, 0.6) is 0 Å². The Morgan fingerprint density at radius 3 is 2.33 bits per heavy atom. The zero-order chi connectivity index (χ0) is 15.6. The van der Waals surface area contributed by atoms with E-state index < -0.39 is 0 Å². The molecule has 2 N–H and O–H groups in total. The Morgan fingerprint density at radius 1 is 1.10 bits per heavy atom. The Hall–Kier alpha value is -1.20. The molecule has 2 heterocycles. The van der Waals surface area contributed by atoms with Crippen LogP contribution in [0.1, 0.15) is 44.5 Å². The monoisotopic (exact) mass is 291 g/mol. The van der Waals surface area contributed by atoms with E-state index in [1.165, 1.54) is 11.1 Å². The number of hydrogen-bond donors (Lipinski definition) is 1. The molecule has 1 aliphatic rings. The van der Waals surface area contributed by atoms with Crippen molar-refractivity contribution in [3.05, 3.63) is 16.8 Å². The maximum atomic E-state index is 6.05. The molecule has 1 aliphatic heterocycles. The van der Waals surface area contributed by atoms with Gasteiger partial charge in [-0.1, -0.05) is 13.8 Å². The van der Waals surface area contributed by atoms with Crippen molar-refractivity contribution in [2.75, 3.05) is 31.6 Å². The summed E-state index contributed by atoms with van der Waals surface area (Å²) < 4.78 is 0.